The van der Waals surface area contributed by atoms with Crippen molar-refractivity contribution < 1.29 is 9.53 Å². The monoisotopic (exact) mass is 346 g/mol. The molecule has 4 rings (SSSR count). The van der Waals surface area contributed by atoms with Gasteiger partial charge in [0.15, 0.2) is 0 Å². The second kappa shape index (κ2) is 6.09. The molecule has 2 aliphatic rings. The van der Waals surface area contributed by atoms with Crippen molar-refractivity contribution in [3.8, 4) is 5.75 Å². The van der Waals surface area contributed by atoms with Crippen LogP contribution in [-0.2, 0) is 24.2 Å². The Morgan fingerprint density at radius 3 is 3.17 bits per heavy atom. The number of carbonyl (C=O) groups excluding carboxylic acids is 1. The fraction of sp³-hybridized carbons (Fsp3) is 0.471. The third kappa shape index (κ3) is 2.86. The maximum absolute atomic E-state index is 12.6. The molecule has 0 spiro atoms. The second-order valence-corrected chi connectivity index (χ2v) is 6.92. The van der Waals surface area contributed by atoms with Crippen LogP contribution in [0.3, 0.4) is 0 Å². The predicted octanol–water partition coefficient (Wildman–Crippen LogP) is 1.92. The summed E-state index contributed by atoms with van der Waals surface area (Å²) >= 11 is 6.04. The first-order valence-electron chi connectivity index (χ1n) is 8.20. The van der Waals surface area contributed by atoms with Crippen molar-refractivity contribution in [3.05, 3.63) is 40.4 Å². The van der Waals surface area contributed by atoms with E-state index >= 15 is 0 Å². The van der Waals surface area contributed by atoms with Gasteiger partial charge in [-0.2, -0.15) is 0 Å². The highest BCUT2D eigenvalue weighted by molar-refractivity contribution is 6.30. The number of hydrogen-bond donors (Lipinski definition) is 1. The lowest BCUT2D eigenvalue weighted by Crippen LogP contribution is -2.46. The van der Waals surface area contributed by atoms with Gasteiger partial charge in [0.1, 0.15) is 24.0 Å². The predicted molar refractivity (Wildman–Crippen MR) is 89.2 cm³/mol. The van der Waals surface area contributed by atoms with Crippen LogP contribution in [0.2, 0.25) is 5.02 Å². The molecule has 24 heavy (non-hydrogen) atoms. The van der Waals surface area contributed by atoms with Gasteiger partial charge in [0.25, 0.3) is 0 Å². The van der Waals surface area contributed by atoms with Crippen LogP contribution in [0.5, 0.6) is 5.75 Å². The zero-order valence-electron chi connectivity index (χ0n) is 13.5. The summed E-state index contributed by atoms with van der Waals surface area (Å²) in [6, 6.07) is 5.66. The highest BCUT2D eigenvalue weighted by Crippen LogP contribution is 2.30. The van der Waals surface area contributed by atoms with Crippen LogP contribution in [0.25, 0.3) is 0 Å². The van der Waals surface area contributed by atoms with Crippen LogP contribution in [-0.4, -0.2) is 33.3 Å². The van der Waals surface area contributed by atoms with Crippen molar-refractivity contribution in [1.82, 2.24) is 20.1 Å². The Labute approximate surface area is 145 Å². The largest absolute Gasteiger partial charge is 0.492 e. The number of fused-ring (bicyclic) bond motifs is 2. The number of rotatable bonds is 2. The maximum atomic E-state index is 12.6. The van der Waals surface area contributed by atoms with E-state index < -0.39 is 0 Å². The molecule has 7 heteroatoms. The highest BCUT2D eigenvalue weighted by atomic mass is 35.5. The lowest BCUT2D eigenvalue weighted by atomic mass is 9.95. The SMILES string of the molecule is Cc1nnc2n1C[C@H](NC(=O)[C@H]1COc3ccc(Cl)cc3C1)CC2. The quantitative estimate of drug-likeness (QED) is 0.902. The van der Waals surface area contributed by atoms with Gasteiger partial charge in [0, 0.05) is 24.0 Å². The summed E-state index contributed by atoms with van der Waals surface area (Å²) in [6.07, 6.45) is 2.39. The molecule has 0 bridgehead atoms. The molecule has 3 heterocycles. The molecule has 0 unspecified atom stereocenters. The summed E-state index contributed by atoms with van der Waals surface area (Å²) in [5.41, 5.74) is 0.995. The molecule has 2 aromatic rings. The Hall–Kier alpha value is -2.08. The number of aromatic nitrogens is 3. The number of nitrogens with zero attached hydrogens (tertiary/aromatic N) is 3. The van der Waals surface area contributed by atoms with E-state index in [1.165, 1.54) is 0 Å². The van der Waals surface area contributed by atoms with Crippen molar-refractivity contribution in [2.75, 3.05) is 6.61 Å². The Morgan fingerprint density at radius 1 is 1.42 bits per heavy atom. The molecule has 1 aromatic heterocycles. The minimum atomic E-state index is -0.181. The van der Waals surface area contributed by atoms with Crippen molar-refractivity contribution in [2.24, 2.45) is 5.92 Å². The van der Waals surface area contributed by atoms with Crippen LogP contribution in [0, 0.1) is 12.8 Å². The number of aryl methyl sites for hydroxylation is 2. The minimum absolute atomic E-state index is 0.0415. The Bertz CT molecular complexity index is 789. The fourth-order valence-electron chi connectivity index (χ4n) is 3.43. The smallest absolute Gasteiger partial charge is 0.227 e. The molecular formula is C17H19ClN4O2. The molecular weight excluding hydrogens is 328 g/mol. The molecule has 0 fully saturated rings. The van der Waals surface area contributed by atoms with Crippen LogP contribution < -0.4 is 10.1 Å². The van der Waals surface area contributed by atoms with Crippen molar-refractivity contribution in [1.29, 1.82) is 0 Å². The van der Waals surface area contributed by atoms with Gasteiger partial charge in [-0.15, -0.1) is 10.2 Å². The lowest BCUT2D eigenvalue weighted by molar-refractivity contribution is -0.127. The molecule has 1 aromatic carbocycles. The van der Waals surface area contributed by atoms with Gasteiger partial charge >= 0.3 is 0 Å². The van der Waals surface area contributed by atoms with Crippen molar-refractivity contribution in [2.45, 2.75) is 38.8 Å². The van der Waals surface area contributed by atoms with Gasteiger partial charge in [0.05, 0.1) is 5.92 Å². The number of amides is 1. The zero-order chi connectivity index (χ0) is 16.7. The molecule has 0 saturated heterocycles. The average Bonchev–Trinajstić information content (AvgIpc) is 2.95. The first-order valence-corrected chi connectivity index (χ1v) is 8.58. The Balaban J connectivity index is 1.41. The molecule has 0 radical (unpaired) electrons. The minimum Gasteiger partial charge on any atom is -0.492 e. The number of carbonyl (C=O) groups is 1. The third-order valence-electron chi connectivity index (χ3n) is 4.78. The summed E-state index contributed by atoms with van der Waals surface area (Å²) < 4.78 is 7.80. The van der Waals surface area contributed by atoms with Gasteiger partial charge in [-0.1, -0.05) is 11.6 Å². The molecule has 2 atom stereocenters. The second-order valence-electron chi connectivity index (χ2n) is 6.48. The average molecular weight is 347 g/mol. The summed E-state index contributed by atoms with van der Waals surface area (Å²) in [6.45, 7) is 3.08. The normalized spacial score (nSPS) is 22.2. The van der Waals surface area contributed by atoms with Crippen LogP contribution in [0.4, 0.5) is 0 Å². The lowest BCUT2D eigenvalue weighted by Gasteiger charge is -2.29. The molecule has 6 nitrogen and oxygen atoms in total. The fourth-order valence-corrected chi connectivity index (χ4v) is 3.63. The first-order chi connectivity index (χ1) is 11.6. The Kier molecular flexibility index (Phi) is 3.92. The van der Waals surface area contributed by atoms with E-state index in [2.05, 4.69) is 20.1 Å². The molecule has 126 valence electrons. The number of benzene rings is 1. The van der Waals surface area contributed by atoms with Gasteiger partial charge in [0.2, 0.25) is 5.91 Å². The third-order valence-corrected chi connectivity index (χ3v) is 5.01. The summed E-state index contributed by atoms with van der Waals surface area (Å²) in [7, 11) is 0. The number of nitrogens with one attached hydrogen (secondary N) is 1. The van der Waals surface area contributed by atoms with Gasteiger partial charge in [-0.05, 0) is 43.5 Å². The van der Waals surface area contributed by atoms with E-state index in [1.54, 1.807) is 0 Å². The van der Waals surface area contributed by atoms with Gasteiger partial charge in [-0.25, -0.2) is 0 Å². The number of ether oxygens (including phenoxy) is 1. The molecule has 0 saturated carbocycles. The first kappa shape index (κ1) is 15.4. The van der Waals surface area contributed by atoms with E-state index in [4.69, 9.17) is 16.3 Å². The van der Waals surface area contributed by atoms with E-state index in [9.17, 15) is 4.79 Å². The highest BCUT2D eigenvalue weighted by Gasteiger charge is 2.29. The Morgan fingerprint density at radius 2 is 2.29 bits per heavy atom. The van der Waals surface area contributed by atoms with E-state index in [1.807, 2.05) is 25.1 Å². The maximum Gasteiger partial charge on any atom is 0.227 e. The molecule has 1 amide bonds. The number of hydrogen-bond acceptors (Lipinski definition) is 4. The van der Waals surface area contributed by atoms with Crippen LogP contribution in [0.15, 0.2) is 18.2 Å². The topological polar surface area (TPSA) is 69.0 Å². The zero-order valence-corrected chi connectivity index (χ0v) is 14.2. The molecule has 0 aliphatic carbocycles. The van der Waals surface area contributed by atoms with E-state index in [-0.39, 0.29) is 17.9 Å². The van der Waals surface area contributed by atoms with E-state index in [0.717, 1.165) is 42.3 Å². The molecule has 1 N–H and O–H groups in total. The van der Waals surface area contributed by atoms with Crippen molar-refractivity contribution >= 4 is 17.5 Å². The summed E-state index contributed by atoms with van der Waals surface area (Å²) in [5, 5.41) is 12.1. The van der Waals surface area contributed by atoms with Gasteiger partial charge in [-0.3, -0.25) is 4.79 Å². The standard InChI is InChI=1S/C17H19ClN4O2/c1-10-20-21-16-5-3-14(8-22(10)16)19-17(23)12-6-11-7-13(18)2-4-15(11)24-9-12/h2,4,7,12,14H,3,5-6,8-9H2,1H3,(H,19,23)/t12-,14-/m1/s1. The number of halogens is 1. The van der Waals surface area contributed by atoms with Crippen molar-refractivity contribution in [3.63, 3.8) is 0 Å². The van der Waals surface area contributed by atoms with Crippen LogP contribution in [0.1, 0.15) is 23.6 Å². The van der Waals surface area contributed by atoms with E-state index in [0.29, 0.717) is 18.1 Å². The van der Waals surface area contributed by atoms with Gasteiger partial charge < -0.3 is 14.6 Å². The molecule has 2 aliphatic heterocycles. The summed E-state index contributed by atoms with van der Waals surface area (Å²) in [5.74, 6) is 2.58. The van der Waals surface area contributed by atoms with Crippen LogP contribution >= 0.6 is 11.6 Å². The summed E-state index contributed by atoms with van der Waals surface area (Å²) in [4.78, 5) is 12.6.